The summed E-state index contributed by atoms with van der Waals surface area (Å²) in [7, 11) is 0. The van der Waals surface area contributed by atoms with E-state index in [1.165, 1.54) is 12.0 Å². The Morgan fingerprint density at radius 3 is 2.25 bits per heavy atom. The van der Waals surface area contributed by atoms with E-state index in [0.29, 0.717) is 5.92 Å². The summed E-state index contributed by atoms with van der Waals surface area (Å²) in [6.07, 6.45) is 1.19. The average molecular weight is 585 g/mol. The fourth-order valence-corrected chi connectivity index (χ4v) is 0.886. The maximum absolute atomic E-state index is 3.02. The third-order valence-corrected chi connectivity index (χ3v) is 1.85. The summed E-state index contributed by atoms with van der Waals surface area (Å²) < 4.78 is 0. The van der Waals surface area contributed by atoms with Crippen molar-refractivity contribution < 1.29 is 20.4 Å². The quantitative estimate of drug-likeness (QED) is 0.469. The summed E-state index contributed by atoms with van der Waals surface area (Å²) in [4.78, 5) is 0. The minimum Gasteiger partial charge on any atom is -0.359 e. The SMILES string of the molecule is CCC(C)c1c[c-]c[c-]c1.[Re].[Rf]. The Balaban J connectivity index is 0. The Labute approximate surface area is 82.7 Å². The Morgan fingerprint density at radius 2 is 1.83 bits per heavy atom. The maximum atomic E-state index is 3.02. The Kier molecular flexibility index (Phi) is 7.39. The first-order valence-corrected chi connectivity index (χ1v) is 3.71. The fourth-order valence-electron chi connectivity index (χ4n) is 0.886. The van der Waals surface area contributed by atoms with E-state index < -0.39 is 0 Å². The van der Waals surface area contributed by atoms with Crippen LogP contribution in [0.15, 0.2) is 18.2 Å². The van der Waals surface area contributed by atoms with E-state index in [-0.39, 0.29) is 20.4 Å². The summed E-state index contributed by atoms with van der Waals surface area (Å²) in [5.74, 6) is 0.647. The van der Waals surface area contributed by atoms with Gasteiger partial charge in [0.15, 0.2) is 0 Å². The minimum absolute atomic E-state index is 0. The van der Waals surface area contributed by atoms with Crippen molar-refractivity contribution in [3.63, 3.8) is 0 Å². The van der Waals surface area contributed by atoms with Crippen LogP contribution in [0.3, 0.4) is 0 Å². The molecule has 1 atom stereocenters. The molecule has 12 heavy (non-hydrogen) atoms. The van der Waals surface area contributed by atoms with Gasteiger partial charge in [-0.2, -0.15) is 0 Å². The predicted molar refractivity (Wildman–Crippen MR) is 42.8 cm³/mol. The Bertz CT molecular complexity index is 186. The molecule has 0 saturated heterocycles. The zero-order chi connectivity index (χ0) is 7.40. The van der Waals surface area contributed by atoms with Gasteiger partial charge in [0.25, 0.3) is 0 Å². The van der Waals surface area contributed by atoms with Crippen molar-refractivity contribution in [3.8, 4) is 0 Å². The average Bonchev–Trinajstić information content (AvgIpc) is 2.05. The standard InChI is InChI=1S/C10H12.Re.Rf/c1-3-9(2)10-7-5-4-6-8-10;;/h4,7-9H,3H2,1-2H3;;/q-2;;. The zero-order valence-corrected chi connectivity index (χ0v) is 16.7. The van der Waals surface area contributed by atoms with Crippen molar-refractivity contribution in [2.24, 2.45) is 0 Å². The van der Waals surface area contributed by atoms with Crippen LogP contribution in [-0.2, 0) is 20.4 Å². The van der Waals surface area contributed by atoms with E-state index in [4.69, 9.17) is 0 Å². The van der Waals surface area contributed by atoms with Crippen molar-refractivity contribution >= 4 is 0 Å². The van der Waals surface area contributed by atoms with E-state index in [2.05, 4.69) is 26.0 Å². The van der Waals surface area contributed by atoms with Gasteiger partial charge in [0.1, 0.15) is 0 Å². The second kappa shape index (κ2) is 6.58. The molecule has 1 radical (unpaired) electrons. The zero-order valence-electron chi connectivity index (χ0n) is 7.60. The van der Waals surface area contributed by atoms with Crippen LogP contribution in [0.4, 0.5) is 0 Å². The molecule has 63 valence electrons. The first-order valence-electron chi connectivity index (χ1n) is 3.71. The van der Waals surface area contributed by atoms with E-state index >= 15 is 0 Å². The van der Waals surface area contributed by atoms with Crippen molar-refractivity contribution in [2.75, 3.05) is 0 Å². The molecule has 0 aliphatic carbocycles. The Hall–Kier alpha value is -1.12. The molecule has 1 aromatic carbocycles. The van der Waals surface area contributed by atoms with Gasteiger partial charge in [-0.15, -0.1) is 5.92 Å². The van der Waals surface area contributed by atoms with Gasteiger partial charge in [-0.25, -0.2) is 0 Å². The number of rotatable bonds is 2. The molecule has 0 aliphatic rings. The van der Waals surface area contributed by atoms with Crippen LogP contribution < -0.4 is 0 Å². The van der Waals surface area contributed by atoms with Gasteiger partial charge in [-0.05, 0) is 0 Å². The van der Waals surface area contributed by atoms with E-state index in [1.54, 1.807) is 0 Å². The van der Waals surface area contributed by atoms with E-state index in [9.17, 15) is 0 Å². The molecule has 1 unspecified atom stereocenters. The molecule has 0 nitrogen and oxygen atoms in total. The molecule has 0 aromatic heterocycles. The molecule has 1 aromatic rings. The van der Waals surface area contributed by atoms with Crippen LogP contribution in [0, 0.1) is 12.1 Å². The molecule has 0 saturated carbocycles. The Morgan fingerprint density at radius 1 is 1.33 bits per heavy atom. The van der Waals surface area contributed by atoms with Crippen LogP contribution in [-0.4, -0.2) is 0 Å². The summed E-state index contributed by atoms with van der Waals surface area (Å²) in [6.45, 7) is 4.41. The second-order valence-electron chi connectivity index (χ2n) is 2.58. The molecule has 0 aliphatic heterocycles. The van der Waals surface area contributed by atoms with Crippen LogP contribution in [0.5, 0.6) is 0 Å². The molecule has 0 heterocycles. The van der Waals surface area contributed by atoms with Crippen molar-refractivity contribution in [3.05, 3.63) is 35.9 Å². The number of benzene rings is 1. The molecule has 2 heteroatoms. The molecular formula is C10H12ReRf-2. The van der Waals surface area contributed by atoms with E-state index in [0.717, 1.165) is 0 Å². The largest absolute Gasteiger partial charge is 0.359 e. The maximum Gasteiger partial charge on any atom is 0 e. The van der Waals surface area contributed by atoms with Gasteiger partial charge in [0.05, 0.1) is 0 Å². The second-order valence-corrected chi connectivity index (χ2v) is 2.58. The van der Waals surface area contributed by atoms with Crippen LogP contribution in [0.2, 0.25) is 0 Å². The van der Waals surface area contributed by atoms with Gasteiger partial charge in [0.2, 0.25) is 0 Å². The molecule has 0 spiro atoms. The molecular weight excluding hydrogens is 573 g/mol. The molecule has 1 rings (SSSR count). The van der Waals surface area contributed by atoms with Gasteiger partial charge < -0.3 is 18.2 Å². The van der Waals surface area contributed by atoms with Crippen LogP contribution in [0.1, 0.15) is 31.7 Å². The fraction of sp³-hybridized carbons (Fsp3) is 0.400. The first kappa shape index (κ1) is 13.5. The normalized spacial score (nSPS) is 10.8. The summed E-state index contributed by atoms with van der Waals surface area (Å²) in [6, 6.07) is 11.9. The minimum atomic E-state index is 0. The van der Waals surface area contributed by atoms with Gasteiger partial charge in [-0.1, -0.05) is 20.3 Å². The number of hydrogen-bond donors (Lipinski definition) is 0. The first-order chi connectivity index (χ1) is 4.84. The summed E-state index contributed by atoms with van der Waals surface area (Å²) in [5, 5.41) is 0. The predicted octanol–water partition coefficient (Wildman–Crippen LogP) is 2.80. The molecule has 0 amide bonds. The third kappa shape index (κ3) is 3.33. The smallest absolute Gasteiger partial charge is 0 e. The number of hydrogen-bond acceptors (Lipinski definition) is 0. The van der Waals surface area contributed by atoms with Crippen LogP contribution >= 0.6 is 0 Å². The van der Waals surface area contributed by atoms with Crippen molar-refractivity contribution in [1.29, 1.82) is 0 Å². The molecule has 0 bridgehead atoms. The third-order valence-electron chi connectivity index (χ3n) is 1.85. The van der Waals surface area contributed by atoms with Gasteiger partial charge in [0, 0.05) is 20.4 Å². The molecule has 0 fully saturated rings. The van der Waals surface area contributed by atoms with Crippen molar-refractivity contribution in [2.45, 2.75) is 26.2 Å². The molecule has 0 N–H and O–H groups in total. The monoisotopic (exact) mass is 586 g/mol. The van der Waals surface area contributed by atoms with Crippen LogP contribution in [0.25, 0.3) is 0 Å². The topological polar surface area (TPSA) is 0 Å². The van der Waals surface area contributed by atoms with E-state index in [1.807, 2.05) is 18.2 Å². The van der Waals surface area contributed by atoms with Gasteiger partial charge >= 0.3 is 0 Å². The summed E-state index contributed by atoms with van der Waals surface area (Å²) in [5.41, 5.74) is 1.34. The van der Waals surface area contributed by atoms with Crippen molar-refractivity contribution in [1.82, 2.24) is 0 Å². The summed E-state index contributed by atoms with van der Waals surface area (Å²) >= 11 is 0. The van der Waals surface area contributed by atoms with Gasteiger partial charge in [-0.3, -0.25) is 17.7 Å².